The highest BCUT2D eigenvalue weighted by atomic mass is 79.9. The fourth-order valence-corrected chi connectivity index (χ4v) is 2.94. The van der Waals surface area contributed by atoms with Crippen LogP contribution in [0.15, 0.2) is 46.9 Å². The molecule has 0 heterocycles. The minimum absolute atomic E-state index is 0.0547. The summed E-state index contributed by atoms with van der Waals surface area (Å²) in [6, 6.07) is 12.1. The molecular formula is C20H23BrN2O4. The van der Waals surface area contributed by atoms with E-state index in [1.165, 1.54) is 17.7 Å². The third-order valence-corrected chi connectivity index (χ3v) is 4.60. The highest BCUT2D eigenvalue weighted by Gasteiger charge is 2.16. The lowest BCUT2D eigenvalue weighted by molar-refractivity contribution is -0.383. The Hall–Kier alpha value is -2.41. The molecule has 6 nitrogen and oxygen atoms in total. The minimum atomic E-state index is -0.516. The van der Waals surface area contributed by atoms with Crippen molar-refractivity contribution in [3.05, 3.63) is 62.6 Å². The van der Waals surface area contributed by atoms with Crippen LogP contribution >= 0.6 is 15.9 Å². The first kappa shape index (κ1) is 20.9. The second kappa shape index (κ2) is 8.99. The average molecular weight is 435 g/mol. The summed E-state index contributed by atoms with van der Waals surface area (Å²) in [7, 11) is 0. The van der Waals surface area contributed by atoms with Crippen LogP contribution in [0.4, 0.5) is 11.4 Å². The summed E-state index contributed by atoms with van der Waals surface area (Å²) in [5.74, 6) is 0.442. The molecule has 2 rings (SSSR count). The summed E-state index contributed by atoms with van der Waals surface area (Å²) in [5.41, 5.74) is 1.34. The number of para-hydroxylation sites is 2. The molecule has 144 valence electrons. The number of anilines is 1. The van der Waals surface area contributed by atoms with Crippen molar-refractivity contribution in [3.8, 4) is 5.75 Å². The number of nitro groups is 1. The number of rotatable bonds is 7. The lowest BCUT2D eigenvalue weighted by Crippen LogP contribution is -2.14. The highest BCUT2D eigenvalue weighted by Crippen LogP contribution is 2.31. The van der Waals surface area contributed by atoms with Crippen molar-refractivity contribution in [2.45, 2.75) is 39.0 Å². The van der Waals surface area contributed by atoms with Gasteiger partial charge in [-0.1, -0.05) is 39.0 Å². The first-order valence-electron chi connectivity index (χ1n) is 8.64. The monoisotopic (exact) mass is 434 g/mol. The smallest absolute Gasteiger partial charge is 0.292 e. The lowest BCUT2D eigenvalue weighted by atomic mass is 9.87. The van der Waals surface area contributed by atoms with Gasteiger partial charge in [0, 0.05) is 12.5 Å². The van der Waals surface area contributed by atoms with E-state index in [9.17, 15) is 14.9 Å². The van der Waals surface area contributed by atoms with Gasteiger partial charge in [-0.25, -0.2) is 0 Å². The van der Waals surface area contributed by atoms with Gasteiger partial charge in [-0.15, -0.1) is 0 Å². The molecule has 1 amide bonds. The summed E-state index contributed by atoms with van der Waals surface area (Å²) in [4.78, 5) is 22.5. The molecule has 2 aromatic carbocycles. The second-order valence-electron chi connectivity index (χ2n) is 7.17. The van der Waals surface area contributed by atoms with E-state index in [0.29, 0.717) is 13.0 Å². The zero-order valence-electron chi connectivity index (χ0n) is 15.6. The molecule has 0 aromatic heterocycles. The number of ether oxygens (including phenoxy) is 1. The van der Waals surface area contributed by atoms with Crippen LogP contribution in [0.5, 0.6) is 5.75 Å². The number of nitrogens with zero attached hydrogens (tertiary/aromatic N) is 1. The van der Waals surface area contributed by atoms with Crippen molar-refractivity contribution in [2.24, 2.45) is 0 Å². The first-order valence-corrected chi connectivity index (χ1v) is 9.44. The molecule has 27 heavy (non-hydrogen) atoms. The Bertz CT molecular complexity index is 831. The topological polar surface area (TPSA) is 81.5 Å². The van der Waals surface area contributed by atoms with Crippen LogP contribution in [0.3, 0.4) is 0 Å². The van der Waals surface area contributed by atoms with Gasteiger partial charge in [0.2, 0.25) is 5.91 Å². The summed E-state index contributed by atoms with van der Waals surface area (Å²) >= 11 is 3.52. The number of hydrogen-bond donors (Lipinski definition) is 1. The molecule has 0 spiro atoms. The Morgan fingerprint density at radius 1 is 1.22 bits per heavy atom. The number of halogens is 1. The van der Waals surface area contributed by atoms with Crippen LogP contribution in [-0.4, -0.2) is 17.4 Å². The molecular weight excluding hydrogens is 412 g/mol. The molecule has 2 aromatic rings. The number of nitro benzene ring substituents is 1. The van der Waals surface area contributed by atoms with Crippen LogP contribution in [0.1, 0.15) is 39.2 Å². The largest absolute Gasteiger partial charge is 0.492 e. The van der Waals surface area contributed by atoms with Gasteiger partial charge in [0.05, 0.1) is 16.0 Å². The molecule has 0 saturated heterocycles. The van der Waals surface area contributed by atoms with Crippen molar-refractivity contribution in [2.75, 3.05) is 11.9 Å². The maximum absolute atomic E-state index is 12.0. The molecule has 0 atom stereocenters. The number of amides is 1. The quantitative estimate of drug-likeness (QED) is 0.356. The molecule has 1 N–H and O–H groups in total. The van der Waals surface area contributed by atoms with Gasteiger partial charge >= 0.3 is 0 Å². The number of benzene rings is 2. The van der Waals surface area contributed by atoms with E-state index in [2.05, 4.69) is 42.0 Å². The maximum Gasteiger partial charge on any atom is 0.292 e. The van der Waals surface area contributed by atoms with Crippen molar-refractivity contribution in [1.82, 2.24) is 0 Å². The lowest BCUT2D eigenvalue weighted by Gasteiger charge is -2.20. The molecule has 0 saturated carbocycles. The van der Waals surface area contributed by atoms with E-state index in [4.69, 9.17) is 4.74 Å². The van der Waals surface area contributed by atoms with E-state index in [-0.39, 0.29) is 29.1 Å². The standard InChI is InChI=1S/C20H23BrN2O4/c1-20(2,3)14-10-11-18(15(21)13-14)27-12-6-9-19(24)22-16-7-4-5-8-17(16)23(25)26/h4-5,7-8,10-11,13H,6,9,12H2,1-3H3,(H,22,24). The Morgan fingerprint density at radius 3 is 2.56 bits per heavy atom. The maximum atomic E-state index is 12.0. The third kappa shape index (κ3) is 6.06. The predicted molar refractivity (Wildman–Crippen MR) is 109 cm³/mol. The first-order chi connectivity index (χ1) is 12.7. The van der Waals surface area contributed by atoms with E-state index in [0.717, 1.165) is 10.2 Å². The molecule has 0 radical (unpaired) electrons. The SMILES string of the molecule is CC(C)(C)c1ccc(OCCCC(=O)Nc2ccccc2[N+](=O)[O-])c(Br)c1. The number of carbonyl (C=O) groups excluding carboxylic acids is 1. The summed E-state index contributed by atoms with van der Waals surface area (Å²) < 4.78 is 6.61. The molecule has 0 bridgehead atoms. The van der Waals surface area contributed by atoms with E-state index >= 15 is 0 Å². The van der Waals surface area contributed by atoms with Gasteiger partial charge in [0.25, 0.3) is 5.69 Å². The van der Waals surface area contributed by atoms with Gasteiger partial charge in [-0.3, -0.25) is 14.9 Å². The normalized spacial score (nSPS) is 11.1. The molecule has 0 aliphatic carbocycles. The van der Waals surface area contributed by atoms with Crippen LogP contribution in [-0.2, 0) is 10.2 Å². The summed E-state index contributed by atoms with van der Waals surface area (Å²) in [5, 5.41) is 13.5. The Labute approximate surface area is 167 Å². The molecule has 0 aliphatic heterocycles. The van der Waals surface area contributed by atoms with Gasteiger partial charge in [0.15, 0.2) is 0 Å². The summed E-state index contributed by atoms with van der Waals surface area (Å²) in [6.45, 7) is 6.80. The van der Waals surface area contributed by atoms with Crippen LogP contribution in [0, 0.1) is 10.1 Å². The summed E-state index contributed by atoms with van der Waals surface area (Å²) in [6.07, 6.45) is 0.712. The average Bonchev–Trinajstić information content (AvgIpc) is 2.59. The van der Waals surface area contributed by atoms with Crippen LogP contribution in [0.25, 0.3) is 0 Å². The zero-order chi connectivity index (χ0) is 20.0. The highest BCUT2D eigenvalue weighted by molar-refractivity contribution is 9.10. The Balaban J connectivity index is 1.84. The fourth-order valence-electron chi connectivity index (χ4n) is 2.45. The number of carbonyl (C=O) groups is 1. The minimum Gasteiger partial charge on any atom is -0.492 e. The van der Waals surface area contributed by atoms with Crippen molar-refractivity contribution >= 4 is 33.2 Å². The van der Waals surface area contributed by atoms with Crippen molar-refractivity contribution in [3.63, 3.8) is 0 Å². The molecule has 0 fully saturated rings. The van der Waals surface area contributed by atoms with Crippen LogP contribution in [0.2, 0.25) is 0 Å². The van der Waals surface area contributed by atoms with Crippen molar-refractivity contribution in [1.29, 1.82) is 0 Å². The number of nitrogens with one attached hydrogen (secondary N) is 1. The molecule has 0 unspecified atom stereocenters. The Kier molecular flexibility index (Phi) is 6.96. The van der Waals surface area contributed by atoms with E-state index in [1.54, 1.807) is 12.1 Å². The van der Waals surface area contributed by atoms with Gasteiger partial charge in [-0.2, -0.15) is 0 Å². The third-order valence-electron chi connectivity index (χ3n) is 3.98. The van der Waals surface area contributed by atoms with Gasteiger partial charge in [0.1, 0.15) is 11.4 Å². The molecule has 7 heteroatoms. The van der Waals surface area contributed by atoms with E-state index in [1.807, 2.05) is 18.2 Å². The fraction of sp³-hybridized carbons (Fsp3) is 0.350. The molecule has 0 aliphatic rings. The van der Waals surface area contributed by atoms with Crippen LogP contribution < -0.4 is 10.1 Å². The van der Waals surface area contributed by atoms with E-state index < -0.39 is 4.92 Å². The second-order valence-corrected chi connectivity index (χ2v) is 8.02. The Morgan fingerprint density at radius 2 is 1.93 bits per heavy atom. The van der Waals surface area contributed by atoms with Gasteiger partial charge in [-0.05, 0) is 51.5 Å². The van der Waals surface area contributed by atoms with Crippen molar-refractivity contribution < 1.29 is 14.5 Å². The zero-order valence-corrected chi connectivity index (χ0v) is 17.2. The number of hydrogen-bond acceptors (Lipinski definition) is 4. The van der Waals surface area contributed by atoms with Gasteiger partial charge < -0.3 is 10.1 Å². The predicted octanol–water partition coefficient (Wildman–Crippen LogP) is 5.45.